The largest absolute Gasteiger partial charge is 0.491 e. The summed E-state index contributed by atoms with van der Waals surface area (Å²) in [7, 11) is 0. The summed E-state index contributed by atoms with van der Waals surface area (Å²) in [4.78, 5) is 4.61. The molecule has 7 heteroatoms. The molecule has 4 rings (SSSR count). The molecule has 0 aliphatic carbocycles. The van der Waals surface area contributed by atoms with E-state index in [1.807, 2.05) is 73.7 Å². The third-order valence-electron chi connectivity index (χ3n) is 6.37. The van der Waals surface area contributed by atoms with Crippen LogP contribution >= 0.6 is 23.2 Å². The van der Waals surface area contributed by atoms with Gasteiger partial charge in [-0.1, -0.05) is 65.7 Å². The van der Waals surface area contributed by atoms with E-state index in [0.29, 0.717) is 22.3 Å². The molecule has 0 unspecified atom stereocenters. The van der Waals surface area contributed by atoms with Crippen LogP contribution < -0.4 is 9.64 Å². The Kier molecular flexibility index (Phi) is 8.25. The van der Waals surface area contributed by atoms with Gasteiger partial charge in [0.25, 0.3) is 0 Å². The molecule has 35 heavy (non-hydrogen) atoms. The van der Waals surface area contributed by atoms with E-state index in [0.717, 1.165) is 36.4 Å². The summed E-state index contributed by atoms with van der Waals surface area (Å²) < 4.78 is 5.63. The van der Waals surface area contributed by atoms with Gasteiger partial charge in [0.2, 0.25) is 0 Å². The third kappa shape index (κ3) is 6.49. The Balaban J connectivity index is 1.58. The molecule has 3 aromatic carbocycles. The summed E-state index contributed by atoms with van der Waals surface area (Å²) in [5.74, 6) is 0.625. The van der Waals surface area contributed by atoms with Gasteiger partial charge in [-0.25, -0.2) is 0 Å². The maximum Gasteiger partial charge on any atom is 0.121 e. The fourth-order valence-corrected chi connectivity index (χ4v) is 5.00. The zero-order valence-electron chi connectivity index (χ0n) is 20.1. The van der Waals surface area contributed by atoms with Crippen LogP contribution in [-0.2, 0) is 5.60 Å². The lowest BCUT2D eigenvalue weighted by Gasteiger charge is -2.45. The molecule has 0 radical (unpaired) electrons. The molecule has 3 aromatic rings. The molecule has 0 saturated carbocycles. The second-order valence-electron chi connectivity index (χ2n) is 9.41. The summed E-state index contributed by atoms with van der Waals surface area (Å²) in [6, 6.07) is 23.4. The molecule has 1 fully saturated rings. The SMILES string of the molecule is C[C@@H](O)COc1ccc(N2CCN(C[C@@](C)(O)c3ccccc3)C[C@H]2c2ccc(Cl)cc2)c(Cl)c1. The number of benzene rings is 3. The number of nitrogens with zero attached hydrogens (tertiary/aromatic N) is 2. The van der Waals surface area contributed by atoms with Crippen LogP contribution in [-0.4, -0.2) is 54.0 Å². The van der Waals surface area contributed by atoms with Crippen LogP contribution in [0.25, 0.3) is 0 Å². The molecule has 1 heterocycles. The highest BCUT2D eigenvalue weighted by molar-refractivity contribution is 6.33. The van der Waals surface area contributed by atoms with E-state index in [9.17, 15) is 10.2 Å². The highest BCUT2D eigenvalue weighted by Crippen LogP contribution is 2.38. The standard InChI is InChI=1S/C28H32Cl2N2O3/c1-20(33)18-35-24-12-13-26(25(30)16-24)32-15-14-31(17-27(32)21-8-10-23(29)11-9-21)19-28(2,34)22-6-4-3-5-7-22/h3-13,16,20,27,33-34H,14-15,17-19H2,1-2H3/t20-,27+,28-/m1/s1. The van der Waals surface area contributed by atoms with Gasteiger partial charge in [0.1, 0.15) is 12.4 Å². The molecule has 1 saturated heterocycles. The van der Waals surface area contributed by atoms with E-state index in [4.69, 9.17) is 27.9 Å². The maximum atomic E-state index is 11.3. The zero-order chi connectivity index (χ0) is 25.0. The average Bonchev–Trinajstić information content (AvgIpc) is 2.84. The van der Waals surface area contributed by atoms with Gasteiger partial charge in [0, 0.05) is 37.3 Å². The van der Waals surface area contributed by atoms with Crippen LogP contribution in [0.2, 0.25) is 10.0 Å². The number of halogens is 2. The lowest BCUT2D eigenvalue weighted by Crippen LogP contribution is -2.52. The Morgan fingerprint density at radius 1 is 1.03 bits per heavy atom. The first-order chi connectivity index (χ1) is 16.7. The number of piperazine rings is 1. The van der Waals surface area contributed by atoms with Crippen molar-refractivity contribution in [2.24, 2.45) is 0 Å². The molecular weight excluding hydrogens is 483 g/mol. The molecule has 2 N–H and O–H groups in total. The molecule has 5 nitrogen and oxygen atoms in total. The Morgan fingerprint density at radius 3 is 2.40 bits per heavy atom. The number of aliphatic hydroxyl groups is 2. The number of anilines is 1. The van der Waals surface area contributed by atoms with Crippen LogP contribution in [0.4, 0.5) is 5.69 Å². The average molecular weight is 515 g/mol. The van der Waals surface area contributed by atoms with Crippen molar-refractivity contribution in [2.75, 3.05) is 37.7 Å². The van der Waals surface area contributed by atoms with Crippen LogP contribution in [0.5, 0.6) is 5.75 Å². The van der Waals surface area contributed by atoms with E-state index in [1.165, 1.54) is 0 Å². The van der Waals surface area contributed by atoms with E-state index < -0.39 is 11.7 Å². The Morgan fingerprint density at radius 2 is 1.74 bits per heavy atom. The molecule has 1 aliphatic heterocycles. The van der Waals surface area contributed by atoms with Crippen LogP contribution in [0.3, 0.4) is 0 Å². The normalized spacial score (nSPS) is 19.3. The predicted molar refractivity (Wildman–Crippen MR) is 143 cm³/mol. The second kappa shape index (κ2) is 11.2. The van der Waals surface area contributed by atoms with Crippen LogP contribution in [0.15, 0.2) is 72.8 Å². The van der Waals surface area contributed by atoms with Crippen molar-refractivity contribution in [1.82, 2.24) is 4.90 Å². The van der Waals surface area contributed by atoms with E-state index in [1.54, 1.807) is 13.0 Å². The number of rotatable bonds is 8. The topological polar surface area (TPSA) is 56.2 Å². The number of aliphatic hydroxyl groups excluding tert-OH is 1. The summed E-state index contributed by atoms with van der Waals surface area (Å²) >= 11 is 12.9. The van der Waals surface area contributed by atoms with E-state index in [2.05, 4.69) is 9.80 Å². The lowest BCUT2D eigenvalue weighted by atomic mass is 9.94. The van der Waals surface area contributed by atoms with Gasteiger partial charge >= 0.3 is 0 Å². The minimum atomic E-state index is -0.964. The van der Waals surface area contributed by atoms with Crippen LogP contribution in [0.1, 0.15) is 31.0 Å². The van der Waals surface area contributed by atoms with Crippen LogP contribution in [0, 0.1) is 0 Å². The number of ether oxygens (including phenoxy) is 1. The van der Waals surface area contributed by atoms with Crippen molar-refractivity contribution in [3.63, 3.8) is 0 Å². The molecule has 0 aromatic heterocycles. The molecule has 0 amide bonds. The summed E-state index contributed by atoms with van der Waals surface area (Å²) in [6.07, 6.45) is -0.552. The van der Waals surface area contributed by atoms with Crippen molar-refractivity contribution >= 4 is 28.9 Å². The quantitative estimate of drug-likeness (QED) is 0.414. The fraction of sp³-hybridized carbons (Fsp3) is 0.357. The third-order valence-corrected chi connectivity index (χ3v) is 6.92. The van der Waals surface area contributed by atoms with E-state index in [-0.39, 0.29) is 12.6 Å². The first-order valence-electron chi connectivity index (χ1n) is 11.9. The molecular formula is C28H32Cl2N2O3. The predicted octanol–water partition coefficient (Wildman–Crippen LogP) is 5.52. The zero-order valence-corrected chi connectivity index (χ0v) is 21.6. The minimum Gasteiger partial charge on any atom is -0.491 e. The van der Waals surface area contributed by atoms with Gasteiger partial charge < -0.3 is 19.8 Å². The van der Waals surface area contributed by atoms with Crippen molar-refractivity contribution in [1.29, 1.82) is 0 Å². The number of β-amino-alcohol motifs (C(OH)–C–C–N with tert-alkyl or cyclic N) is 1. The highest BCUT2D eigenvalue weighted by atomic mass is 35.5. The summed E-state index contributed by atoms with van der Waals surface area (Å²) in [5, 5.41) is 22.0. The van der Waals surface area contributed by atoms with Crippen molar-refractivity contribution < 1.29 is 14.9 Å². The molecule has 186 valence electrons. The summed E-state index contributed by atoms with van der Waals surface area (Å²) in [6.45, 7) is 6.53. The molecule has 0 bridgehead atoms. The molecule has 1 aliphatic rings. The van der Waals surface area contributed by atoms with Gasteiger partial charge in [-0.05, 0) is 49.2 Å². The smallest absolute Gasteiger partial charge is 0.121 e. The second-order valence-corrected chi connectivity index (χ2v) is 10.3. The lowest BCUT2D eigenvalue weighted by molar-refractivity contribution is 0.0103. The Labute approximate surface area is 217 Å². The van der Waals surface area contributed by atoms with Crippen molar-refractivity contribution in [2.45, 2.75) is 31.6 Å². The van der Waals surface area contributed by atoms with Crippen molar-refractivity contribution in [3.05, 3.63) is 94.0 Å². The van der Waals surface area contributed by atoms with E-state index >= 15 is 0 Å². The van der Waals surface area contributed by atoms with Gasteiger partial charge in [-0.3, -0.25) is 4.90 Å². The maximum absolute atomic E-state index is 11.3. The fourth-order valence-electron chi connectivity index (χ4n) is 4.59. The first-order valence-corrected chi connectivity index (χ1v) is 12.6. The Bertz CT molecular complexity index is 1110. The first kappa shape index (κ1) is 25.8. The van der Waals surface area contributed by atoms with Gasteiger partial charge in [0.05, 0.1) is 28.5 Å². The summed E-state index contributed by atoms with van der Waals surface area (Å²) in [5.41, 5.74) is 1.99. The minimum absolute atomic E-state index is 0.0225. The van der Waals surface area contributed by atoms with Crippen molar-refractivity contribution in [3.8, 4) is 5.75 Å². The monoisotopic (exact) mass is 514 g/mol. The molecule has 3 atom stereocenters. The van der Waals surface area contributed by atoms with Gasteiger partial charge in [0.15, 0.2) is 0 Å². The van der Waals surface area contributed by atoms with Gasteiger partial charge in [-0.2, -0.15) is 0 Å². The van der Waals surface area contributed by atoms with Gasteiger partial charge in [-0.15, -0.1) is 0 Å². The molecule has 0 spiro atoms. The number of hydrogen-bond donors (Lipinski definition) is 2. The number of hydrogen-bond acceptors (Lipinski definition) is 5. The highest BCUT2D eigenvalue weighted by Gasteiger charge is 2.34. The Hall–Kier alpha value is -2.28.